The Labute approximate surface area is 272 Å². The van der Waals surface area contributed by atoms with Gasteiger partial charge < -0.3 is 4.57 Å². The summed E-state index contributed by atoms with van der Waals surface area (Å²) >= 11 is 0. The van der Waals surface area contributed by atoms with Crippen LogP contribution in [0.25, 0.3) is 60.7 Å². The van der Waals surface area contributed by atoms with Gasteiger partial charge in [-0.25, -0.2) is 9.97 Å². The number of imidazole rings is 1. The molecule has 5 heteroatoms. The number of fused-ring (bicyclic) bond motifs is 6. The van der Waals surface area contributed by atoms with Gasteiger partial charge in [-0.05, 0) is 58.3 Å². The molecule has 4 nitrogen and oxygen atoms in total. The predicted octanol–water partition coefficient (Wildman–Crippen LogP) is 9.16. The zero-order valence-corrected chi connectivity index (χ0v) is 26.3. The molecule has 47 heavy (non-hydrogen) atoms. The van der Waals surface area contributed by atoms with Crippen molar-refractivity contribution in [3.8, 4) is 22.4 Å². The first-order valence-electron chi connectivity index (χ1n) is 15.7. The van der Waals surface area contributed by atoms with Crippen LogP contribution in [0.15, 0.2) is 170 Å². The maximum atomic E-state index is 14.9. The van der Waals surface area contributed by atoms with E-state index in [4.69, 9.17) is 9.97 Å². The maximum absolute atomic E-state index is 14.9. The molecule has 3 aromatic heterocycles. The number of hydrogen-bond donors (Lipinski definition) is 0. The van der Waals surface area contributed by atoms with Crippen LogP contribution in [0.2, 0.25) is 0 Å². The molecular weight excluding hydrogens is 593 g/mol. The fraction of sp³-hybridized carbons (Fsp3) is 0. The van der Waals surface area contributed by atoms with Crippen LogP contribution in [0, 0.1) is 0 Å². The maximum Gasteiger partial charge on any atom is 0.171 e. The quantitative estimate of drug-likeness (QED) is 0.180. The second-order valence-corrected chi connectivity index (χ2v) is 14.6. The number of hydrogen-bond acceptors (Lipinski definition) is 3. The molecule has 0 N–H and O–H groups in total. The lowest BCUT2D eigenvalue weighted by Crippen LogP contribution is -2.24. The average Bonchev–Trinajstić information content (AvgIpc) is 3.55. The molecule has 0 amide bonds. The van der Waals surface area contributed by atoms with Crippen LogP contribution in [-0.4, -0.2) is 14.4 Å². The number of pyridine rings is 2. The smallest absolute Gasteiger partial charge is 0.171 e. The second-order valence-electron chi connectivity index (χ2n) is 11.8. The minimum Gasteiger partial charge on any atom is -0.309 e. The fourth-order valence-corrected chi connectivity index (χ4v) is 9.42. The van der Waals surface area contributed by atoms with Crippen LogP contribution in [0.4, 0.5) is 0 Å². The lowest BCUT2D eigenvalue weighted by molar-refractivity contribution is 0.592. The van der Waals surface area contributed by atoms with E-state index in [2.05, 4.69) is 77.3 Å². The summed E-state index contributed by atoms with van der Waals surface area (Å²) < 4.78 is 17.1. The summed E-state index contributed by atoms with van der Waals surface area (Å²) in [7, 11) is -3.06. The van der Waals surface area contributed by atoms with Gasteiger partial charge in [0.1, 0.15) is 11.2 Å². The van der Waals surface area contributed by atoms with Crippen molar-refractivity contribution in [2.45, 2.75) is 0 Å². The van der Waals surface area contributed by atoms with Crippen molar-refractivity contribution in [3.63, 3.8) is 0 Å². The Morgan fingerprint density at radius 3 is 1.96 bits per heavy atom. The normalized spacial score (nSPS) is 11.9. The highest BCUT2D eigenvalue weighted by Crippen LogP contribution is 2.43. The van der Waals surface area contributed by atoms with Gasteiger partial charge >= 0.3 is 0 Å². The third-order valence-corrected chi connectivity index (χ3v) is 12.1. The summed E-state index contributed by atoms with van der Waals surface area (Å²) in [6.45, 7) is 0. The molecule has 9 rings (SSSR count). The van der Waals surface area contributed by atoms with E-state index in [9.17, 15) is 4.57 Å². The predicted molar refractivity (Wildman–Crippen MR) is 196 cm³/mol. The van der Waals surface area contributed by atoms with Crippen LogP contribution >= 0.6 is 7.14 Å². The summed E-state index contributed by atoms with van der Waals surface area (Å²) in [6, 6.07) is 55.3. The van der Waals surface area contributed by atoms with Gasteiger partial charge in [0, 0.05) is 33.1 Å². The van der Waals surface area contributed by atoms with Crippen molar-refractivity contribution >= 4 is 61.4 Å². The molecule has 6 aromatic carbocycles. The number of aromatic nitrogens is 3. The molecule has 0 radical (unpaired) electrons. The lowest BCUT2D eigenvalue weighted by Gasteiger charge is -2.20. The van der Waals surface area contributed by atoms with E-state index in [1.54, 1.807) is 0 Å². The van der Waals surface area contributed by atoms with Crippen molar-refractivity contribution in [1.29, 1.82) is 0 Å². The zero-order valence-electron chi connectivity index (χ0n) is 25.4. The van der Waals surface area contributed by atoms with Gasteiger partial charge in [-0.1, -0.05) is 127 Å². The molecular formula is C42H28N3OP. The van der Waals surface area contributed by atoms with Crippen molar-refractivity contribution in [1.82, 2.24) is 14.4 Å². The van der Waals surface area contributed by atoms with Gasteiger partial charge in [0.05, 0.1) is 16.7 Å². The van der Waals surface area contributed by atoms with Crippen LogP contribution in [0.3, 0.4) is 0 Å². The molecule has 0 atom stereocenters. The molecule has 0 spiro atoms. The van der Waals surface area contributed by atoms with Crippen LogP contribution in [0.5, 0.6) is 0 Å². The highest BCUT2D eigenvalue weighted by Gasteiger charge is 2.29. The Bertz CT molecular complexity index is 2620. The largest absolute Gasteiger partial charge is 0.309 e. The zero-order chi connectivity index (χ0) is 31.4. The first-order chi connectivity index (χ1) is 23.2. The summed E-state index contributed by atoms with van der Waals surface area (Å²) in [6.07, 6.45) is 2.06. The number of nitrogens with zero attached hydrogens (tertiary/aromatic N) is 3. The Hall–Kier alpha value is -5.83. The Balaban J connectivity index is 1.16. The van der Waals surface area contributed by atoms with Crippen molar-refractivity contribution in [2.24, 2.45) is 0 Å². The van der Waals surface area contributed by atoms with E-state index in [1.165, 1.54) is 0 Å². The monoisotopic (exact) mass is 621 g/mol. The van der Waals surface area contributed by atoms with Crippen molar-refractivity contribution in [3.05, 3.63) is 170 Å². The van der Waals surface area contributed by atoms with Crippen molar-refractivity contribution in [2.75, 3.05) is 0 Å². The fourth-order valence-electron chi connectivity index (χ4n) is 6.73. The van der Waals surface area contributed by atoms with Gasteiger partial charge in [-0.3, -0.25) is 4.40 Å². The van der Waals surface area contributed by atoms with E-state index in [1.807, 2.05) is 97.1 Å². The lowest BCUT2D eigenvalue weighted by atomic mass is 9.98. The number of benzene rings is 6. The summed E-state index contributed by atoms with van der Waals surface area (Å²) in [5, 5.41) is 5.69. The number of para-hydroxylation sites is 1. The minimum absolute atomic E-state index is 0.830. The SMILES string of the molecule is O=P(c1ccccc1)(c1ccccc1)c1ccc2cc(-c3cccc(-c4nc5ccccc5c5nc6ccccn6c45)c3)ccc2c1. The van der Waals surface area contributed by atoms with Gasteiger partial charge in [0.15, 0.2) is 7.14 Å². The molecule has 0 saturated heterocycles. The Kier molecular flexibility index (Phi) is 6.38. The van der Waals surface area contributed by atoms with Gasteiger partial charge in [0.2, 0.25) is 0 Å². The van der Waals surface area contributed by atoms with Gasteiger partial charge in [-0.15, -0.1) is 0 Å². The first kappa shape index (κ1) is 27.5. The molecule has 0 saturated carbocycles. The third kappa shape index (κ3) is 4.49. The van der Waals surface area contributed by atoms with E-state index in [0.717, 1.165) is 76.7 Å². The molecule has 3 heterocycles. The van der Waals surface area contributed by atoms with E-state index in [0.29, 0.717) is 0 Å². The summed E-state index contributed by atoms with van der Waals surface area (Å²) in [4.78, 5) is 10.2. The second kappa shape index (κ2) is 10.9. The summed E-state index contributed by atoms with van der Waals surface area (Å²) in [5.74, 6) is 0. The van der Waals surface area contributed by atoms with Crippen LogP contribution in [0.1, 0.15) is 0 Å². The molecule has 0 bridgehead atoms. The molecule has 0 aliphatic rings. The van der Waals surface area contributed by atoms with E-state index < -0.39 is 7.14 Å². The molecule has 0 aliphatic carbocycles. The average molecular weight is 622 g/mol. The minimum atomic E-state index is -3.06. The summed E-state index contributed by atoms with van der Waals surface area (Å²) in [5.41, 5.74) is 7.93. The highest BCUT2D eigenvalue weighted by atomic mass is 31.2. The molecule has 0 fully saturated rings. The Morgan fingerprint density at radius 2 is 1.15 bits per heavy atom. The molecule has 0 aliphatic heterocycles. The first-order valence-corrected chi connectivity index (χ1v) is 17.4. The Morgan fingerprint density at radius 1 is 0.489 bits per heavy atom. The van der Waals surface area contributed by atoms with Gasteiger partial charge in [-0.2, -0.15) is 0 Å². The van der Waals surface area contributed by atoms with Gasteiger partial charge in [0.25, 0.3) is 0 Å². The van der Waals surface area contributed by atoms with E-state index in [-0.39, 0.29) is 0 Å². The third-order valence-electron chi connectivity index (χ3n) is 9.04. The van der Waals surface area contributed by atoms with Crippen LogP contribution < -0.4 is 15.9 Å². The van der Waals surface area contributed by atoms with E-state index >= 15 is 0 Å². The standard InChI is InChI=1S/C42H28N3OP/c46-47(34-14-3-1-4-15-34,35-16-5-2-6-17-35)36-24-23-31-26-30(21-22-32(31)28-36)29-12-11-13-33(27-29)40-42-41(37-18-7-8-19-38(37)43-40)44-39-20-9-10-25-45(39)42/h1-28H. The molecule has 222 valence electrons. The molecule has 0 unspecified atom stereocenters. The topological polar surface area (TPSA) is 47.3 Å². The van der Waals surface area contributed by atoms with Crippen molar-refractivity contribution < 1.29 is 4.57 Å². The van der Waals surface area contributed by atoms with Crippen LogP contribution in [-0.2, 0) is 4.57 Å². The molecule has 9 aromatic rings. The number of rotatable bonds is 5. The highest BCUT2D eigenvalue weighted by molar-refractivity contribution is 7.85.